The molecule has 0 atom stereocenters. The van der Waals surface area contributed by atoms with Crippen molar-refractivity contribution in [1.29, 1.82) is 5.26 Å². The summed E-state index contributed by atoms with van der Waals surface area (Å²) in [5.74, 6) is 4.09. The van der Waals surface area contributed by atoms with Gasteiger partial charge in [0.15, 0.2) is 0 Å². The molecule has 0 saturated carbocycles. The number of hydrogen-bond acceptors (Lipinski definition) is 2. The normalized spacial score (nSPS) is 10.9. The van der Waals surface area contributed by atoms with E-state index in [9.17, 15) is 32.0 Å². The Labute approximate surface area is 202 Å². The van der Waals surface area contributed by atoms with E-state index in [1.807, 2.05) is 30.3 Å². The van der Waals surface area contributed by atoms with Crippen molar-refractivity contribution in [2.24, 2.45) is 0 Å². The molecule has 0 spiro atoms. The number of aromatic nitrogens is 1. The van der Waals surface area contributed by atoms with Crippen LogP contribution in [0.1, 0.15) is 27.8 Å². The molecule has 178 valence electrons. The van der Waals surface area contributed by atoms with Crippen LogP contribution >= 0.6 is 0 Å². The summed E-state index contributed by atoms with van der Waals surface area (Å²) in [5.41, 5.74) is -2.49. The van der Waals surface area contributed by atoms with Crippen molar-refractivity contribution in [3.63, 3.8) is 0 Å². The third kappa shape index (κ3) is 5.18. The number of nitrogens with zero attached hydrogens (tertiary/aromatic N) is 2. The number of pyridine rings is 1. The topological polar surface area (TPSA) is 45.8 Å². The molecule has 1 aromatic heterocycles. The van der Waals surface area contributed by atoms with E-state index < -0.39 is 41.0 Å². The van der Waals surface area contributed by atoms with Crippen LogP contribution in [0.4, 0.5) is 22.0 Å². The molecule has 4 aromatic rings. The molecule has 36 heavy (non-hydrogen) atoms. The van der Waals surface area contributed by atoms with Crippen LogP contribution < -0.4 is 5.56 Å². The second-order valence-corrected chi connectivity index (χ2v) is 7.75. The second-order valence-electron chi connectivity index (χ2n) is 7.75. The highest BCUT2D eigenvalue weighted by atomic mass is 19.4. The molecule has 0 aliphatic carbocycles. The maximum Gasteiger partial charge on any atom is 0.417 e. The van der Waals surface area contributed by atoms with E-state index in [2.05, 4.69) is 11.8 Å². The highest BCUT2D eigenvalue weighted by Crippen LogP contribution is 2.34. The molecule has 0 N–H and O–H groups in total. The lowest BCUT2D eigenvalue weighted by Crippen LogP contribution is -2.29. The lowest BCUT2D eigenvalue weighted by molar-refractivity contribution is -0.137. The molecule has 8 heteroatoms. The summed E-state index contributed by atoms with van der Waals surface area (Å²) in [4.78, 5) is 13.0. The molecular formula is C28H15F5N2O. The van der Waals surface area contributed by atoms with E-state index in [0.717, 1.165) is 22.3 Å². The van der Waals surface area contributed by atoms with Crippen molar-refractivity contribution in [1.82, 2.24) is 4.57 Å². The van der Waals surface area contributed by atoms with Crippen LogP contribution in [0.15, 0.2) is 83.7 Å². The fraction of sp³-hybridized carbons (Fsp3) is 0.0714. The summed E-state index contributed by atoms with van der Waals surface area (Å²) in [7, 11) is 0. The van der Waals surface area contributed by atoms with E-state index in [1.54, 1.807) is 12.1 Å². The predicted octanol–water partition coefficient (Wildman–Crippen LogP) is 6.13. The second kappa shape index (κ2) is 9.89. The van der Waals surface area contributed by atoms with Crippen molar-refractivity contribution >= 4 is 0 Å². The zero-order valence-corrected chi connectivity index (χ0v) is 18.4. The first-order valence-electron chi connectivity index (χ1n) is 10.5. The van der Waals surface area contributed by atoms with Crippen molar-refractivity contribution in [3.8, 4) is 29.2 Å². The molecule has 1 heterocycles. The Balaban J connectivity index is 1.85. The van der Waals surface area contributed by atoms with Gasteiger partial charge >= 0.3 is 6.18 Å². The number of rotatable bonds is 3. The molecule has 0 fully saturated rings. The lowest BCUT2D eigenvalue weighted by atomic mass is 10.0. The average molecular weight is 490 g/mol. The minimum atomic E-state index is -4.97. The summed E-state index contributed by atoms with van der Waals surface area (Å²) < 4.78 is 69.6. The largest absolute Gasteiger partial charge is 0.417 e. The molecule has 0 aliphatic heterocycles. The van der Waals surface area contributed by atoms with Crippen LogP contribution in [0.2, 0.25) is 0 Å². The molecule has 0 bridgehead atoms. The molecule has 0 radical (unpaired) electrons. The zero-order valence-electron chi connectivity index (χ0n) is 18.4. The molecule has 0 aliphatic rings. The van der Waals surface area contributed by atoms with Crippen LogP contribution in [0.25, 0.3) is 11.3 Å². The number of halogens is 5. The van der Waals surface area contributed by atoms with E-state index in [-0.39, 0.29) is 16.8 Å². The van der Waals surface area contributed by atoms with E-state index in [0.29, 0.717) is 17.7 Å². The third-order valence-corrected chi connectivity index (χ3v) is 5.37. The maximum absolute atomic E-state index is 14.3. The van der Waals surface area contributed by atoms with Gasteiger partial charge in [0.2, 0.25) is 0 Å². The molecule has 0 amide bonds. The minimum absolute atomic E-state index is 0.131. The van der Waals surface area contributed by atoms with E-state index in [4.69, 9.17) is 0 Å². The summed E-state index contributed by atoms with van der Waals surface area (Å²) in [6.45, 7) is -0.511. The first-order chi connectivity index (χ1) is 17.2. The molecular weight excluding hydrogens is 475 g/mol. The molecule has 0 unspecified atom stereocenters. The van der Waals surface area contributed by atoms with E-state index in [1.165, 1.54) is 18.2 Å². The number of alkyl halides is 3. The Kier molecular flexibility index (Phi) is 6.71. The van der Waals surface area contributed by atoms with Gasteiger partial charge in [-0.05, 0) is 42.0 Å². The molecule has 4 rings (SSSR count). The Morgan fingerprint density at radius 2 is 1.47 bits per heavy atom. The quantitative estimate of drug-likeness (QED) is 0.256. The molecule has 3 aromatic carbocycles. The van der Waals surface area contributed by atoms with Gasteiger partial charge in [0.1, 0.15) is 23.3 Å². The van der Waals surface area contributed by atoms with Gasteiger partial charge in [-0.1, -0.05) is 48.2 Å². The van der Waals surface area contributed by atoms with Gasteiger partial charge in [-0.2, -0.15) is 18.4 Å². The number of benzene rings is 3. The Hall–Kier alpha value is -4.69. The highest BCUT2D eigenvalue weighted by Gasteiger charge is 2.36. The van der Waals surface area contributed by atoms with E-state index >= 15 is 0 Å². The highest BCUT2D eigenvalue weighted by molar-refractivity contribution is 5.64. The first kappa shape index (κ1) is 24.4. The van der Waals surface area contributed by atoms with Crippen LogP contribution in [-0.2, 0) is 12.7 Å². The van der Waals surface area contributed by atoms with Gasteiger partial charge in [-0.15, -0.1) is 0 Å². The molecule has 0 saturated heterocycles. The Morgan fingerprint density at radius 1 is 0.833 bits per heavy atom. The van der Waals surface area contributed by atoms with Gasteiger partial charge < -0.3 is 4.57 Å². The van der Waals surface area contributed by atoms with Gasteiger partial charge in [-0.25, -0.2) is 8.78 Å². The predicted molar refractivity (Wildman–Crippen MR) is 124 cm³/mol. The smallest absolute Gasteiger partial charge is 0.303 e. The average Bonchev–Trinajstić information content (AvgIpc) is 2.85. The van der Waals surface area contributed by atoms with Crippen LogP contribution in [0.5, 0.6) is 0 Å². The first-order valence-corrected chi connectivity index (χ1v) is 10.5. The summed E-state index contributed by atoms with van der Waals surface area (Å²) in [6, 6.07) is 19.9. The third-order valence-electron chi connectivity index (χ3n) is 5.37. The minimum Gasteiger partial charge on any atom is -0.303 e. The summed E-state index contributed by atoms with van der Waals surface area (Å²) in [6.07, 6.45) is -4.97. The lowest BCUT2D eigenvalue weighted by Gasteiger charge is -2.18. The van der Waals surface area contributed by atoms with Gasteiger partial charge in [0, 0.05) is 22.8 Å². The van der Waals surface area contributed by atoms with Gasteiger partial charge in [0.25, 0.3) is 5.56 Å². The van der Waals surface area contributed by atoms with Crippen molar-refractivity contribution in [3.05, 3.63) is 129 Å². The number of hydrogen-bond donors (Lipinski definition) is 0. The number of nitriles is 1. The van der Waals surface area contributed by atoms with Gasteiger partial charge in [-0.3, -0.25) is 4.79 Å². The fourth-order valence-electron chi connectivity index (χ4n) is 3.58. The Morgan fingerprint density at radius 3 is 2.06 bits per heavy atom. The van der Waals surface area contributed by atoms with Crippen LogP contribution in [0, 0.1) is 34.8 Å². The standard InChI is InChI=1S/C28H15F5N2O/c29-22-13-12-21(25(30)14-22)17-35-26(15-24(28(31,32)33)23(16-34)27(35)36)20-10-8-19(9-11-20)7-6-18-4-2-1-3-5-18/h1-5,8-15H,17H2. The van der Waals surface area contributed by atoms with Crippen LogP contribution in [0.3, 0.4) is 0 Å². The summed E-state index contributed by atoms with van der Waals surface area (Å²) >= 11 is 0. The Bertz CT molecular complexity index is 1590. The van der Waals surface area contributed by atoms with Crippen molar-refractivity contribution in [2.75, 3.05) is 0 Å². The van der Waals surface area contributed by atoms with Gasteiger partial charge in [0.05, 0.1) is 17.8 Å². The van der Waals surface area contributed by atoms with Crippen molar-refractivity contribution < 1.29 is 22.0 Å². The monoisotopic (exact) mass is 490 g/mol. The SMILES string of the molecule is N#Cc1c(C(F)(F)F)cc(-c2ccc(C#Cc3ccccc3)cc2)n(Cc2ccc(F)cc2F)c1=O. The zero-order chi connectivity index (χ0) is 25.9. The molecule has 3 nitrogen and oxygen atoms in total. The van der Waals surface area contributed by atoms with Crippen LogP contribution in [-0.4, -0.2) is 4.57 Å². The maximum atomic E-state index is 14.3. The summed E-state index contributed by atoms with van der Waals surface area (Å²) in [5, 5.41) is 9.29. The van der Waals surface area contributed by atoms with Crippen molar-refractivity contribution in [2.45, 2.75) is 12.7 Å². The fourth-order valence-corrected chi connectivity index (χ4v) is 3.58.